The molecule has 0 saturated heterocycles. The van der Waals surface area contributed by atoms with Gasteiger partial charge in [-0.3, -0.25) is 19.2 Å². The second-order valence-electron chi connectivity index (χ2n) is 8.03. The number of ether oxygens (including phenoxy) is 1. The highest BCUT2D eigenvalue weighted by Gasteiger charge is 2.32. The van der Waals surface area contributed by atoms with Crippen molar-refractivity contribution in [2.24, 2.45) is 11.7 Å². The van der Waals surface area contributed by atoms with Gasteiger partial charge in [0.1, 0.15) is 6.61 Å². The van der Waals surface area contributed by atoms with Crippen LogP contribution in [0.2, 0.25) is 0 Å². The Morgan fingerprint density at radius 2 is 1.69 bits per heavy atom. The number of hydrogen-bond acceptors (Lipinski definition) is 6. The van der Waals surface area contributed by atoms with Gasteiger partial charge < -0.3 is 26.4 Å². The Morgan fingerprint density at radius 1 is 1.06 bits per heavy atom. The Labute approximate surface area is 187 Å². The van der Waals surface area contributed by atoms with Gasteiger partial charge in [-0.1, -0.05) is 12.1 Å². The number of amides is 4. The third-order valence-corrected chi connectivity index (χ3v) is 4.68. The van der Waals surface area contributed by atoms with Crippen LogP contribution in [0.15, 0.2) is 24.3 Å². The van der Waals surface area contributed by atoms with Crippen LogP contribution in [0, 0.1) is 5.92 Å². The molecule has 4 amide bonds. The summed E-state index contributed by atoms with van der Waals surface area (Å²) in [6.45, 7) is 6.21. The summed E-state index contributed by atoms with van der Waals surface area (Å²) in [5.74, 6) is -2.05. The van der Waals surface area contributed by atoms with E-state index in [1.54, 1.807) is 38.1 Å². The zero-order chi connectivity index (χ0) is 24.3. The Hall–Kier alpha value is -3.43. The molecular weight excluding hydrogens is 416 g/mol. The monoisotopic (exact) mass is 448 g/mol. The van der Waals surface area contributed by atoms with Gasteiger partial charge in [-0.2, -0.15) is 0 Å². The van der Waals surface area contributed by atoms with Crippen molar-refractivity contribution < 1.29 is 28.7 Å². The van der Waals surface area contributed by atoms with Crippen molar-refractivity contribution >= 4 is 35.3 Å². The van der Waals surface area contributed by atoms with Gasteiger partial charge in [0.05, 0.1) is 5.54 Å². The van der Waals surface area contributed by atoms with E-state index in [0.29, 0.717) is 18.5 Å². The standard InChI is InChI=1S/C22H32N4O6/c1-14(27)26-22(3,4)19(29)12-17(6-5-11-24-21(23)31)20(30)25-18-9-7-16(8-10-18)13-32-15(2)28/h7-10,17H,5-6,11-13H2,1-4H3,(H,25,30)(H,26,27)(H3,23,24,31). The Balaban J connectivity index is 2.84. The van der Waals surface area contributed by atoms with E-state index in [1.165, 1.54) is 13.8 Å². The molecule has 0 spiro atoms. The van der Waals surface area contributed by atoms with Crippen molar-refractivity contribution in [3.63, 3.8) is 0 Å². The molecule has 0 heterocycles. The molecule has 10 heteroatoms. The smallest absolute Gasteiger partial charge is 0.312 e. The SMILES string of the molecule is CC(=O)NC(C)(C)C(=O)CC(CCCNC(N)=O)C(=O)Nc1ccc(COC(C)=O)cc1. The largest absolute Gasteiger partial charge is 0.461 e. The number of carbonyl (C=O) groups excluding carboxylic acids is 5. The van der Waals surface area contributed by atoms with E-state index in [9.17, 15) is 24.0 Å². The predicted octanol–water partition coefficient (Wildman–Crippen LogP) is 1.63. The molecule has 0 aromatic heterocycles. The van der Waals surface area contributed by atoms with Gasteiger partial charge in [0.15, 0.2) is 5.78 Å². The molecule has 0 bridgehead atoms. The van der Waals surface area contributed by atoms with Gasteiger partial charge in [-0.15, -0.1) is 0 Å². The van der Waals surface area contributed by atoms with E-state index in [1.807, 2.05) is 0 Å². The van der Waals surface area contributed by atoms with Crippen molar-refractivity contribution in [3.05, 3.63) is 29.8 Å². The summed E-state index contributed by atoms with van der Waals surface area (Å²) in [5, 5.41) is 7.83. The van der Waals surface area contributed by atoms with Gasteiger partial charge in [0.25, 0.3) is 0 Å². The van der Waals surface area contributed by atoms with Crippen LogP contribution >= 0.6 is 0 Å². The number of urea groups is 1. The molecule has 0 fully saturated rings. The van der Waals surface area contributed by atoms with Crippen LogP contribution in [-0.4, -0.2) is 41.7 Å². The fraction of sp³-hybridized carbons (Fsp3) is 0.500. The fourth-order valence-corrected chi connectivity index (χ4v) is 2.99. The Bertz CT molecular complexity index is 835. The van der Waals surface area contributed by atoms with Gasteiger partial charge >= 0.3 is 12.0 Å². The van der Waals surface area contributed by atoms with Crippen molar-refractivity contribution in [1.29, 1.82) is 0 Å². The van der Waals surface area contributed by atoms with Crippen molar-refractivity contribution in [2.75, 3.05) is 11.9 Å². The molecule has 1 rings (SSSR count). The van der Waals surface area contributed by atoms with Crippen LogP contribution in [0.3, 0.4) is 0 Å². The number of benzene rings is 1. The molecule has 176 valence electrons. The minimum absolute atomic E-state index is 0.0831. The lowest BCUT2D eigenvalue weighted by Crippen LogP contribution is -2.50. The summed E-state index contributed by atoms with van der Waals surface area (Å²) < 4.78 is 4.93. The van der Waals surface area contributed by atoms with Crippen molar-refractivity contribution in [3.8, 4) is 0 Å². The number of carbonyl (C=O) groups is 5. The van der Waals surface area contributed by atoms with Crippen molar-refractivity contribution in [1.82, 2.24) is 10.6 Å². The average Bonchev–Trinajstić information content (AvgIpc) is 2.68. The van der Waals surface area contributed by atoms with Crippen LogP contribution in [0.25, 0.3) is 0 Å². The lowest BCUT2D eigenvalue weighted by Gasteiger charge is -2.26. The summed E-state index contributed by atoms with van der Waals surface area (Å²) >= 11 is 0. The number of nitrogens with one attached hydrogen (secondary N) is 3. The van der Waals surface area contributed by atoms with Crippen LogP contribution in [0.1, 0.15) is 52.5 Å². The molecule has 32 heavy (non-hydrogen) atoms. The van der Waals surface area contributed by atoms with Crippen LogP contribution in [-0.2, 0) is 30.5 Å². The number of hydrogen-bond donors (Lipinski definition) is 4. The second kappa shape index (κ2) is 12.4. The van der Waals surface area contributed by atoms with Gasteiger partial charge in [0, 0.05) is 38.4 Å². The van der Waals surface area contributed by atoms with E-state index in [2.05, 4.69) is 16.0 Å². The summed E-state index contributed by atoms with van der Waals surface area (Å²) in [7, 11) is 0. The highest BCUT2D eigenvalue weighted by Crippen LogP contribution is 2.20. The highest BCUT2D eigenvalue weighted by molar-refractivity contribution is 5.98. The number of primary amides is 1. The van der Waals surface area contributed by atoms with E-state index < -0.39 is 17.5 Å². The Kier molecular flexibility index (Phi) is 10.3. The molecular formula is C22H32N4O6. The molecule has 1 aromatic rings. The normalized spacial score (nSPS) is 11.8. The van der Waals surface area contributed by atoms with E-state index in [4.69, 9.17) is 10.5 Å². The fourth-order valence-electron chi connectivity index (χ4n) is 2.99. The molecule has 1 aromatic carbocycles. The first-order valence-corrected chi connectivity index (χ1v) is 10.3. The molecule has 1 unspecified atom stereocenters. The first-order chi connectivity index (χ1) is 14.9. The first kappa shape index (κ1) is 26.6. The molecule has 0 saturated carbocycles. The maximum Gasteiger partial charge on any atom is 0.312 e. The highest BCUT2D eigenvalue weighted by atomic mass is 16.5. The van der Waals surface area contributed by atoms with Gasteiger partial charge in [-0.25, -0.2) is 4.79 Å². The van der Waals surface area contributed by atoms with Crippen LogP contribution in [0.5, 0.6) is 0 Å². The van der Waals surface area contributed by atoms with E-state index >= 15 is 0 Å². The molecule has 0 aliphatic heterocycles. The van der Waals surface area contributed by atoms with Crippen LogP contribution < -0.4 is 21.7 Å². The number of nitrogens with two attached hydrogens (primary N) is 1. The summed E-state index contributed by atoms with van der Waals surface area (Å²) in [6.07, 6.45) is 0.689. The topological polar surface area (TPSA) is 157 Å². The number of ketones is 1. The summed E-state index contributed by atoms with van der Waals surface area (Å²) in [6, 6.07) is 6.12. The number of Topliss-reactive ketones (excluding diaryl/α,β-unsaturated/α-hetero) is 1. The van der Waals surface area contributed by atoms with E-state index in [0.717, 1.165) is 5.56 Å². The lowest BCUT2D eigenvalue weighted by atomic mass is 9.87. The van der Waals surface area contributed by atoms with Gasteiger partial charge in [0.2, 0.25) is 11.8 Å². The molecule has 1 atom stereocenters. The minimum Gasteiger partial charge on any atom is -0.461 e. The molecule has 0 aliphatic carbocycles. The third kappa shape index (κ3) is 10.1. The van der Waals surface area contributed by atoms with Crippen molar-refractivity contribution in [2.45, 2.75) is 59.1 Å². The first-order valence-electron chi connectivity index (χ1n) is 10.3. The maximum absolute atomic E-state index is 12.9. The predicted molar refractivity (Wildman–Crippen MR) is 118 cm³/mol. The molecule has 0 aliphatic rings. The zero-order valence-electron chi connectivity index (χ0n) is 18.9. The molecule has 5 N–H and O–H groups in total. The summed E-state index contributed by atoms with van der Waals surface area (Å²) in [5.41, 5.74) is 5.22. The quantitative estimate of drug-likeness (QED) is 0.281. The van der Waals surface area contributed by atoms with Gasteiger partial charge in [-0.05, 0) is 44.4 Å². The number of rotatable bonds is 12. The molecule has 10 nitrogen and oxygen atoms in total. The molecule has 0 radical (unpaired) electrons. The van der Waals surface area contributed by atoms with Crippen LogP contribution in [0.4, 0.5) is 10.5 Å². The number of esters is 1. The van der Waals surface area contributed by atoms with E-state index in [-0.39, 0.29) is 43.1 Å². The number of anilines is 1. The minimum atomic E-state index is -1.12. The Morgan fingerprint density at radius 3 is 2.22 bits per heavy atom. The summed E-state index contributed by atoms with van der Waals surface area (Å²) in [4.78, 5) is 58.8. The second-order valence-corrected chi connectivity index (χ2v) is 8.03. The lowest BCUT2D eigenvalue weighted by molar-refractivity contribution is -0.142. The average molecular weight is 449 g/mol. The zero-order valence-corrected chi connectivity index (χ0v) is 18.9. The third-order valence-electron chi connectivity index (χ3n) is 4.68. The maximum atomic E-state index is 12.9.